The van der Waals surface area contributed by atoms with Crippen LogP contribution in [-0.2, 0) is 19.3 Å². The van der Waals surface area contributed by atoms with Gasteiger partial charge >= 0.3 is 0 Å². The molecule has 0 heterocycles. The Morgan fingerprint density at radius 1 is 1.20 bits per heavy atom. The van der Waals surface area contributed by atoms with Crippen LogP contribution in [0.4, 0.5) is 0 Å². The van der Waals surface area contributed by atoms with Crippen LogP contribution in [0.25, 0.3) is 0 Å². The highest BCUT2D eigenvalue weighted by Gasteiger charge is 2.17. The van der Waals surface area contributed by atoms with Gasteiger partial charge in [0.2, 0.25) is 0 Å². The van der Waals surface area contributed by atoms with Gasteiger partial charge in [-0.05, 0) is 63.3 Å². The Labute approximate surface area is 92.9 Å². The van der Waals surface area contributed by atoms with E-state index in [2.05, 4.69) is 37.4 Å². The van der Waals surface area contributed by atoms with Crippen LogP contribution in [0.3, 0.4) is 0 Å². The summed E-state index contributed by atoms with van der Waals surface area (Å²) in [6.45, 7) is 4.50. The Morgan fingerprint density at radius 2 is 1.93 bits per heavy atom. The van der Waals surface area contributed by atoms with Gasteiger partial charge in [-0.1, -0.05) is 18.2 Å². The second-order valence-electron chi connectivity index (χ2n) is 5.27. The van der Waals surface area contributed by atoms with Crippen molar-refractivity contribution in [1.29, 1.82) is 0 Å². The summed E-state index contributed by atoms with van der Waals surface area (Å²) in [5, 5.41) is 3.36. The molecular formula is C14H21N. The van der Waals surface area contributed by atoms with Crippen molar-refractivity contribution in [3.8, 4) is 0 Å². The molecule has 0 fully saturated rings. The van der Waals surface area contributed by atoms with Gasteiger partial charge in [0, 0.05) is 5.54 Å². The number of fused-ring (bicyclic) bond motifs is 1. The molecule has 2 rings (SSSR count). The van der Waals surface area contributed by atoms with Crippen LogP contribution < -0.4 is 5.32 Å². The van der Waals surface area contributed by atoms with E-state index in [-0.39, 0.29) is 5.54 Å². The average Bonchev–Trinajstić information content (AvgIpc) is 2.64. The van der Waals surface area contributed by atoms with Crippen molar-refractivity contribution in [2.24, 2.45) is 0 Å². The molecule has 0 bridgehead atoms. The number of benzene rings is 1. The Balaban J connectivity index is 2.17. The van der Waals surface area contributed by atoms with Gasteiger partial charge in [-0.25, -0.2) is 0 Å². The highest BCUT2D eigenvalue weighted by molar-refractivity contribution is 5.35. The summed E-state index contributed by atoms with van der Waals surface area (Å²) >= 11 is 0. The lowest BCUT2D eigenvalue weighted by atomic mass is 9.93. The second kappa shape index (κ2) is 3.97. The maximum atomic E-state index is 3.36. The minimum Gasteiger partial charge on any atom is -0.314 e. The highest BCUT2D eigenvalue weighted by atomic mass is 14.9. The fourth-order valence-corrected chi connectivity index (χ4v) is 2.33. The predicted octanol–water partition coefficient (Wildman–Crippen LogP) is 2.72. The van der Waals surface area contributed by atoms with Crippen molar-refractivity contribution in [1.82, 2.24) is 5.32 Å². The van der Waals surface area contributed by atoms with Gasteiger partial charge in [0.05, 0.1) is 0 Å². The first-order valence-electron chi connectivity index (χ1n) is 5.90. The lowest BCUT2D eigenvalue weighted by Gasteiger charge is -2.24. The number of nitrogens with one attached hydrogen (secondary N) is 1. The molecule has 0 saturated carbocycles. The molecule has 82 valence electrons. The van der Waals surface area contributed by atoms with Crippen molar-refractivity contribution in [2.45, 2.75) is 45.1 Å². The zero-order valence-electron chi connectivity index (χ0n) is 10.1. The minimum absolute atomic E-state index is 0.201. The summed E-state index contributed by atoms with van der Waals surface area (Å²) < 4.78 is 0. The monoisotopic (exact) mass is 203 g/mol. The first kappa shape index (κ1) is 10.7. The summed E-state index contributed by atoms with van der Waals surface area (Å²) in [5.41, 5.74) is 4.82. The van der Waals surface area contributed by atoms with Crippen LogP contribution in [0.1, 0.15) is 37.0 Å². The van der Waals surface area contributed by atoms with Crippen LogP contribution in [0.15, 0.2) is 18.2 Å². The van der Waals surface area contributed by atoms with Crippen LogP contribution in [0.5, 0.6) is 0 Å². The summed E-state index contributed by atoms with van der Waals surface area (Å²) in [5.74, 6) is 0. The Morgan fingerprint density at radius 3 is 2.67 bits per heavy atom. The van der Waals surface area contributed by atoms with E-state index in [1.54, 1.807) is 11.1 Å². The predicted molar refractivity (Wildman–Crippen MR) is 65.3 cm³/mol. The largest absolute Gasteiger partial charge is 0.314 e. The van der Waals surface area contributed by atoms with Crippen molar-refractivity contribution >= 4 is 0 Å². The molecule has 1 N–H and O–H groups in total. The van der Waals surface area contributed by atoms with Gasteiger partial charge in [-0.15, -0.1) is 0 Å². The fourth-order valence-electron chi connectivity index (χ4n) is 2.33. The molecule has 0 radical (unpaired) electrons. The molecule has 0 aliphatic heterocycles. The molecular weight excluding hydrogens is 182 g/mol. The van der Waals surface area contributed by atoms with E-state index in [0.29, 0.717) is 0 Å². The third kappa shape index (κ3) is 2.40. The standard InChI is InChI=1S/C14H21N/c1-14(2,15-3)10-11-7-8-12-5-4-6-13(12)9-11/h7-9,15H,4-6,10H2,1-3H3. The van der Waals surface area contributed by atoms with Gasteiger partial charge in [-0.2, -0.15) is 0 Å². The molecule has 0 unspecified atom stereocenters. The van der Waals surface area contributed by atoms with Crippen molar-refractivity contribution in [3.63, 3.8) is 0 Å². The Kier molecular flexibility index (Phi) is 2.83. The lowest BCUT2D eigenvalue weighted by Crippen LogP contribution is -2.38. The number of aryl methyl sites for hydroxylation is 2. The van der Waals surface area contributed by atoms with Gasteiger partial charge in [-0.3, -0.25) is 0 Å². The number of hydrogen-bond donors (Lipinski definition) is 1. The first-order valence-corrected chi connectivity index (χ1v) is 5.90. The first-order chi connectivity index (χ1) is 7.11. The molecule has 0 spiro atoms. The van der Waals surface area contributed by atoms with Gasteiger partial charge in [0.1, 0.15) is 0 Å². The number of rotatable bonds is 3. The number of likely N-dealkylation sites (N-methyl/N-ethyl adjacent to an activating group) is 1. The van der Waals surface area contributed by atoms with Gasteiger partial charge < -0.3 is 5.32 Å². The van der Waals surface area contributed by atoms with Crippen LogP contribution in [0, 0.1) is 0 Å². The fraction of sp³-hybridized carbons (Fsp3) is 0.571. The Bertz CT molecular complexity index is 352. The zero-order chi connectivity index (χ0) is 10.9. The van der Waals surface area contributed by atoms with E-state index >= 15 is 0 Å². The Hall–Kier alpha value is -0.820. The lowest BCUT2D eigenvalue weighted by molar-refractivity contribution is 0.422. The quantitative estimate of drug-likeness (QED) is 0.796. The topological polar surface area (TPSA) is 12.0 Å². The summed E-state index contributed by atoms with van der Waals surface area (Å²) in [6.07, 6.45) is 5.01. The molecule has 0 atom stereocenters. The van der Waals surface area contributed by atoms with E-state index in [0.717, 1.165) is 6.42 Å². The molecule has 0 aromatic heterocycles. The minimum atomic E-state index is 0.201. The van der Waals surface area contributed by atoms with Crippen molar-refractivity contribution in [3.05, 3.63) is 34.9 Å². The molecule has 1 aliphatic carbocycles. The zero-order valence-corrected chi connectivity index (χ0v) is 10.1. The summed E-state index contributed by atoms with van der Waals surface area (Å²) in [4.78, 5) is 0. The van der Waals surface area contributed by atoms with Gasteiger partial charge in [0.25, 0.3) is 0 Å². The van der Waals surface area contributed by atoms with E-state index in [4.69, 9.17) is 0 Å². The molecule has 1 aromatic carbocycles. The average molecular weight is 203 g/mol. The molecule has 15 heavy (non-hydrogen) atoms. The molecule has 0 saturated heterocycles. The number of hydrogen-bond acceptors (Lipinski definition) is 1. The summed E-state index contributed by atoms with van der Waals surface area (Å²) in [7, 11) is 2.04. The molecule has 1 heteroatoms. The third-order valence-electron chi connectivity index (χ3n) is 3.49. The van der Waals surface area contributed by atoms with E-state index in [1.165, 1.54) is 24.8 Å². The molecule has 1 nitrogen and oxygen atoms in total. The highest BCUT2D eigenvalue weighted by Crippen LogP contribution is 2.24. The van der Waals surface area contributed by atoms with Crippen LogP contribution in [-0.4, -0.2) is 12.6 Å². The maximum absolute atomic E-state index is 3.36. The molecule has 0 amide bonds. The summed E-state index contributed by atoms with van der Waals surface area (Å²) in [6, 6.07) is 7.02. The van der Waals surface area contributed by atoms with Gasteiger partial charge in [0.15, 0.2) is 0 Å². The molecule has 1 aromatic rings. The van der Waals surface area contributed by atoms with Crippen molar-refractivity contribution < 1.29 is 0 Å². The smallest absolute Gasteiger partial charge is 0.0162 e. The van der Waals surface area contributed by atoms with Crippen LogP contribution in [0.2, 0.25) is 0 Å². The third-order valence-corrected chi connectivity index (χ3v) is 3.49. The maximum Gasteiger partial charge on any atom is 0.0162 e. The van der Waals surface area contributed by atoms with E-state index < -0.39 is 0 Å². The van der Waals surface area contributed by atoms with Crippen molar-refractivity contribution in [2.75, 3.05) is 7.05 Å². The van der Waals surface area contributed by atoms with E-state index in [1.807, 2.05) is 7.05 Å². The normalized spacial score (nSPS) is 15.4. The SMILES string of the molecule is CNC(C)(C)Cc1ccc2c(c1)CCC2. The second-order valence-corrected chi connectivity index (χ2v) is 5.27. The van der Waals surface area contributed by atoms with E-state index in [9.17, 15) is 0 Å². The molecule has 1 aliphatic rings. The van der Waals surface area contributed by atoms with Crippen LogP contribution >= 0.6 is 0 Å².